The number of ether oxygens (including phenoxy) is 1. The quantitative estimate of drug-likeness (QED) is 0.697. The number of carbonyl (C=O) groups excluding carboxylic acids is 1. The van der Waals surface area contributed by atoms with Crippen molar-refractivity contribution in [3.63, 3.8) is 0 Å². The third-order valence-electron chi connectivity index (χ3n) is 3.08. The number of nitrogens with one attached hydrogen (secondary N) is 1. The molecule has 7 heteroatoms. The predicted molar refractivity (Wildman–Crippen MR) is 93.0 cm³/mol. The van der Waals surface area contributed by atoms with Crippen LogP contribution in [0.25, 0.3) is 11.0 Å². The normalized spacial score (nSPS) is 11.1. The van der Waals surface area contributed by atoms with Gasteiger partial charge in [-0.25, -0.2) is 4.98 Å². The average Bonchev–Trinajstić information content (AvgIpc) is 3.12. The zero-order valence-electron chi connectivity index (χ0n) is 12.6. The van der Waals surface area contributed by atoms with E-state index in [9.17, 15) is 4.79 Å². The third-order valence-corrected chi connectivity index (χ3v) is 4.25. The maximum atomic E-state index is 12.4. The van der Waals surface area contributed by atoms with E-state index in [2.05, 4.69) is 26.2 Å². The third kappa shape index (κ3) is 3.73. The van der Waals surface area contributed by atoms with Gasteiger partial charge < -0.3 is 14.5 Å². The molecule has 0 unspecified atom stereocenters. The number of benzene rings is 1. The number of rotatable bonds is 5. The Bertz CT molecular complexity index is 827. The molecule has 1 N–H and O–H groups in total. The maximum absolute atomic E-state index is 12.4. The number of hydrogen-bond acceptors (Lipinski definition) is 5. The van der Waals surface area contributed by atoms with Crippen LogP contribution in [-0.4, -0.2) is 17.0 Å². The fourth-order valence-electron chi connectivity index (χ4n) is 2.16. The number of furan rings is 1. The largest absolute Gasteiger partial charge is 0.490 e. The van der Waals surface area contributed by atoms with Crippen LogP contribution in [0.5, 0.6) is 5.75 Å². The number of thiazole rings is 1. The summed E-state index contributed by atoms with van der Waals surface area (Å²) >= 11 is 4.82. The summed E-state index contributed by atoms with van der Waals surface area (Å²) in [5.74, 6) is 0.439. The predicted octanol–water partition coefficient (Wildman–Crippen LogP) is 4.37. The lowest BCUT2D eigenvalue weighted by molar-refractivity contribution is 0.0950. The van der Waals surface area contributed by atoms with Crippen molar-refractivity contribution >= 4 is 44.1 Å². The van der Waals surface area contributed by atoms with E-state index >= 15 is 0 Å². The molecule has 0 aliphatic rings. The Kier molecular flexibility index (Phi) is 4.68. The number of nitrogens with zero attached hydrogens (tertiary/aromatic N) is 1. The molecule has 0 atom stereocenters. The van der Waals surface area contributed by atoms with Gasteiger partial charge in [0.25, 0.3) is 5.91 Å². The van der Waals surface area contributed by atoms with Crippen LogP contribution in [0.2, 0.25) is 0 Å². The van der Waals surface area contributed by atoms with Crippen LogP contribution < -0.4 is 10.1 Å². The molecule has 0 saturated heterocycles. The van der Waals surface area contributed by atoms with Crippen LogP contribution in [-0.2, 0) is 6.54 Å². The van der Waals surface area contributed by atoms with Gasteiger partial charge in [-0.1, -0.05) is 0 Å². The second kappa shape index (κ2) is 6.72. The van der Waals surface area contributed by atoms with E-state index in [0.29, 0.717) is 28.1 Å². The molecular weight excluding hydrogens is 380 g/mol. The number of amides is 1. The summed E-state index contributed by atoms with van der Waals surface area (Å²) in [6, 6.07) is 5.29. The van der Waals surface area contributed by atoms with E-state index in [0.717, 1.165) is 10.4 Å². The summed E-state index contributed by atoms with van der Waals surface area (Å²) in [5.41, 5.74) is 1.10. The van der Waals surface area contributed by atoms with E-state index in [1.165, 1.54) is 11.3 Å². The highest BCUT2D eigenvalue weighted by atomic mass is 79.9. The van der Waals surface area contributed by atoms with Crippen molar-refractivity contribution < 1.29 is 13.9 Å². The van der Waals surface area contributed by atoms with E-state index in [1.54, 1.807) is 18.3 Å². The lowest BCUT2D eigenvalue weighted by Gasteiger charge is -2.12. The smallest absolute Gasteiger partial charge is 0.251 e. The monoisotopic (exact) mass is 394 g/mol. The van der Waals surface area contributed by atoms with Gasteiger partial charge in [0.1, 0.15) is 16.3 Å². The van der Waals surface area contributed by atoms with Gasteiger partial charge >= 0.3 is 0 Å². The topological polar surface area (TPSA) is 64.4 Å². The number of halogens is 1. The molecule has 1 aromatic carbocycles. The Hall–Kier alpha value is -1.86. The SMILES string of the molecule is CC(C)Oc1cc(C(=O)NCc2nccs2)cc2oc(Br)cc12. The van der Waals surface area contributed by atoms with Crippen LogP contribution in [0.4, 0.5) is 0 Å². The molecule has 0 spiro atoms. The van der Waals surface area contributed by atoms with Crippen LogP contribution >= 0.6 is 27.3 Å². The Balaban J connectivity index is 1.88. The van der Waals surface area contributed by atoms with Gasteiger partial charge in [0.15, 0.2) is 4.67 Å². The highest BCUT2D eigenvalue weighted by molar-refractivity contribution is 9.10. The minimum absolute atomic E-state index is 0.000468. The maximum Gasteiger partial charge on any atom is 0.251 e. The highest BCUT2D eigenvalue weighted by Crippen LogP contribution is 2.33. The van der Waals surface area contributed by atoms with Gasteiger partial charge in [-0.3, -0.25) is 4.79 Å². The molecule has 2 aromatic heterocycles. The van der Waals surface area contributed by atoms with Crippen molar-refractivity contribution in [1.29, 1.82) is 0 Å². The minimum atomic E-state index is -0.191. The summed E-state index contributed by atoms with van der Waals surface area (Å²) in [6.07, 6.45) is 1.72. The van der Waals surface area contributed by atoms with Crippen LogP contribution in [0.1, 0.15) is 29.2 Å². The zero-order valence-corrected chi connectivity index (χ0v) is 15.0. The summed E-state index contributed by atoms with van der Waals surface area (Å²) in [6.45, 7) is 4.28. The highest BCUT2D eigenvalue weighted by Gasteiger charge is 2.15. The Labute approximate surface area is 145 Å². The molecule has 0 fully saturated rings. The molecule has 1 amide bonds. The van der Waals surface area contributed by atoms with Crippen LogP contribution in [0, 0.1) is 0 Å². The van der Waals surface area contributed by atoms with Crippen molar-refractivity contribution in [1.82, 2.24) is 10.3 Å². The van der Waals surface area contributed by atoms with E-state index in [1.807, 2.05) is 25.3 Å². The molecular formula is C16H15BrN2O3S. The molecule has 0 radical (unpaired) electrons. The minimum Gasteiger partial charge on any atom is -0.490 e. The molecule has 3 rings (SSSR count). The van der Waals surface area contributed by atoms with Crippen molar-refractivity contribution in [3.8, 4) is 5.75 Å². The first-order chi connectivity index (χ1) is 11.0. The number of aromatic nitrogens is 1. The van der Waals surface area contributed by atoms with Crippen molar-refractivity contribution in [2.75, 3.05) is 0 Å². The molecule has 3 aromatic rings. The zero-order chi connectivity index (χ0) is 16.4. The summed E-state index contributed by atoms with van der Waals surface area (Å²) < 4.78 is 12.0. The average molecular weight is 395 g/mol. The van der Waals surface area contributed by atoms with Gasteiger partial charge in [0.05, 0.1) is 18.0 Å². The van der Waals surface area contributed by atoms with Gasteiger partial charge in [0, 0.05) is 23.2 Å². The van der Waals surface area contributed by atoms with Gasteiger partial charge in [0.2, 0.25) is 0 Å². The van der Waals surface area contributed by atoms with Crippen molar-refractivity contribution in [3.05, 3.63) is 45.0 Å². The van der Waals surface area contributed by atoms with Gasteiger partial charge in [-0.15, -0.1) is 11.3 Å². The Morgan fingerprint density at radius 1 is 1.43 bits per heavy atom. The number of fused-ring (bicyclic) bond motifs is 1. The van der Waals surface area contributed by atoms with Gasteiger partial charge in [-0.2, -0.15) is 0 Å². The standard InChI is InChI=1S/C16H15BrN2O3S/c1-9(2)21-12-5-10(6-13-11(12)7-14(17)22-13)16(20)19-8-15-18-3-4-23-15/h3-7,9H,8H2,1-2H3,(H,19,20). The fraction of sp³-hybridized carbons (Fsp3) is 0.250. The summed E-state index contributed by atoms with van der Waals surface area (Å²) in [5, 5.41) is 6.43. The summed E-state index contributed by atoms with van der Waals surface area (Å²) in [7, 11) is 0. The molecule has 0 saturated carbocycles. The first kappa shape index (κ1) is 16.0. The molecule has 0 aliphatic carbocycles. The van der Waals surface area contributed by atoms with E-state index in [4.69, 9.17) is 9.15 Å². The van der Waals surface area contributed by atoms with E-state index < -0.39 is 0 Å². The van der Waals surface area contributed by atoms with E-state index in [-0.39, 0.29) is 12.0 Å². The van der Waals surface area contributed by atoms with Crippen molar-refractivity contribution in [2.45, 2.75) is 26.5 Å². The van der Waals surface area contributed by atoms with Crippen molar-refractivity contribution in [2.24, 2.45) is 0 Å². The molecule has 23 heavy (non-hydrogen) atoms. The lowest BCUT2D eigenvalue weighted by atomic mass is 10.1. The number of carbonyl (C=O) groups is 1. The molecule has 2 heterocycles. The molecule has 0 bridgehead atoms. The molecule has 5 nitrogen and oxygen atoms in total. The lowest BCUT2D eigenvalue weighted by Crippen LogP contribution is -2.22. The van der Waals surface area contributed by atoms with Crippen LogP contribution in [0.3, 0.4) is 0 Å². The first-order valence-electron chi connectivity index (χ1n) is 7.09. The second-order valence-electron chi connectivity index (χ2n) is 5.21. The van der Waals surface area contributed by atoms with Gasteiger partial charge in [-0.05, 0) is 41.9 Å². The molecule has 0 aliphatic heterocycles. The first-order valence-corrected chi connectivity index (χ1v) is 8.76. The Morgan fingerprint density at radius 2 is 2.26 bits per heavy atom. The fourth-order valence-corrected chi connectivity index (χ4v) is 3.12. The second-order valence-corrected chi connectivity index (χ2v) is 6.97. The summed E-state index contributed by atoms with van der Waals surface area (Å²) in [4.78, 5) is 16.5. The van der Waals surface area contributed by atoms with Crippen LogP contribution in [0.15, 0.2) is 38.9 Å². The molecule has 120 valence electrons. The number of hydrogen-bond donors (Lipinski definition) is 1. The Morgan fingerprint density at radius 3 is 2.96 bits per heavy atom.